The molecule has 0 aromatic heterocycles. The minimum absolute atomic E-state index is 0.137. The molecule has 4 rings (SSSR count). The molecule has 1 aliphatic rings. The maximum Gasteiger partial charge on any atom is 0.166 e. The maximum atomic E-state index is 15.0. The minimum atomic E-state index is -0.901. The lowest BCUT2D eigenvalue weighted by Gasteiger charge is -2.29. The molecule has 0 saturated carbocycles. The van der Waals surface area contributed by atoms with E-state index < -0.39 is 23.3 Å². The average Bonchev–Trinajstić information content (AvgIpc) is 2.85. The summed E-state index contributed by atoms with van der Waals surface area (Å²) in [6.45, 7) is 4.41. The first-order valence-corrected chi connectivity index (χ1v) is 12.1. The van der Waals surface area contributed by atoms with E-state index in [1.54, 1.807) is 48.5 Å². The van der Waals surface area contributed by atoms with E-state index in [1.165, 1.54) is 0 Å². The van der Waals surface area contributed by atoms with Crippen molar-refractivity contribution in [3.63, 3.8) is 0 Å². The third kappa shape index (κ3) is 4.90. The van der Waals surface area contributed by atoms with E-state index in [-0.39, 0.29) is 23.1 Å². The summed E-state index contributed by atoms with van der Waals surface area (Å²) in [7, 11) is 0. The second-order valence-electron chi connectivity index (χ2n) is 9.08. The van der Waals surface area contributed by atoms with Crippen LogP contribution in [0, 0.1) is 23.3 Å². The highest BCUT2D eigenvalue weighted by Crippen LogP contribution is 2.36. The van der Waals surface area contributed by atoms with Crippen LogP contribution in [0.3, 0.4) is 0 Å². The van der Waals surface area contributed by atoms with Crippen LogP contribution in [0.25, 0.3) is 22.3 Å². The van der Waals surface area contributed by atoms with Crippen LogP contribution in [-0.4, -0.2) is 12.7 Å². The quantitative estimate of drug-likeness (QED) is 0.314. The summed E-state index contributed by atoms with van der Waals surface area (Å²) in [4.78, 5) is 0. The number of benzene rings is 3. The average molecular weight is 471 g/mol. The molecule has 0 spiro atoms. The van der Waals surface area contributed by atoms with Crippen LogP contribution < -0.4 is 0 Å². The van der Waals surface area contributed by atoms with E-state index >= 15 is 4.39 Å². The first-order chi connectivity index (χ1) is 16.4. The molecule has 1 aliphatic heterocycles. The minimum Gasteiger partial charge on any atom is -0.378 e. The Labute approximate surface area is 198 Å². The Balaban J connectivity index is 1.56. The molecule has 0 aliphatic carbocycles. The Morgan fingerprint density at radius 2 is 1.32 bits per heavy atom. The monoisotopic (exact) mass is 470 g/mol. The zero-order valence-electron chi connectivity index (χ0n) is 19.6. The molecule has 3 aromatic rings. The fourth-order valence-electron chi connectivity index (χ4n) is 4.81. The Morgan fingerprint density at radius 1 is 0.706 bits per heavy atom. The van der Waals surface area contributed by atoms with Crippen molar-refractivity contribution >= 4 is 0 Å². The topological polar surface area (TPSA) is 9.23 Å². The molecular formula is C29H30F4O. The van der Waals surface area contributed by atoms with Gasteiger partial charge in [-0.3, -0.25) is 0 Å². The van der Waals surface area contributed by atoms with Gasteiger partial charge >= 0.3 is 0 Å². The van der Waals surface area contributed by atoms with Crippen molar-refractivity contribution < 1.29 is 22.3 Å². The summed E-state index contributed by atoms with van der Waals surface area (Å²) in [5, 5.41) is 0. The Bertz CT molecular complexity index is 1130. The van der Waals surface area contributed by atoms with E-state index in [0.29, 0.717) is 35.3 Å². The van der Waals surface area contributed by atoms with Crippen LogP contribution in [0.5, 0.6) is 0 Å². The molecule has 0 radical (unpaired) electrons. The lowest BCUT2D eigenvalue weighted by molar-refractivity contribution is -0.00181. The van der Waals surface area contributed by atoms with Crippen LogP contribution in [-0.2, 0) is 11.2 Å². The lowest BCUT2D eigenvalue weighted by atomic mass is 9.88. The number of aryl methyl sites for hydroxylation is 1. The first kappa shape index (κ1) is 24.5. The highest BCUT2D eigenvalue weighted by atomic mass is 19.2. The van der Waals surface area contributed by atoms with Gasteiger partial charge < -0.3 is 4.74 Å². The third-order valence-corrected chi connectivity index (χ3v) is 6.72. The van der Waals surface area contributed by atoms with Gasteiger partial charge in [0.1, 0.15) is 0 Å². The molecule has 1 saturated heterocycles. The van der Waals surface area contributed by atoms with Gasteiger partial charge in [-0.1, -0.05) is 75.2 Å². The van der Waals surface area contributed by atoms with Gasteiger partial charge in [0.25, 0.3) is 0 Å². The van der Waals surface area contributed by atoms with Gasteiger partial charge in [-0.05, 0) is 47.9 Å². The Morgan fingerprint density at radius 3 is 1.88 bits per heavy atom. The number of hydrogen-bond acceptors (Lipinski definition) is 1. The maximum absolute atomic E-state index is 15.0. The summed E-state index contributed by atoms with van der Waals surface area (Å²) in [6.07, 6.45) is 5.03. The SMILES string of the molecule is CCCc1ccc(-c2ccc(-c3ccc(C4CCC(CCC)OC4)c(F)c3F)cc2)c(F)c1F. The van der Waals surface area contributed by atoms with Crippen molar-refractivity contribution in [1.29, 1.82) is 0 Å². The van der Waals surface area contributed by atoms with Crippen molar-refractivity contribution in [1.82, 2.24) is 0 Å². The molecule has 5 heteroatoms. The van der Waals surface area contributed by atoms with E-state index in [0.717, 1.165) is 32.1 Å². The zero-order chi connectivity index (χ0) is 24.2. The van der Waals surface area contributed by atoms with Crippen LogP contribution in [0.4, 0.5) is 17.6 Å². The number of hydrogen-bond donors (Lipinski definition) is 0. The van der Waals surface area contributed by atoms with Crippen molar-refractivity contribution in [2.24, 2.45) is 0 Å². The van der Waals surface area contributed by atoms with E-state index in [4.69, 9.17) is 4.74 Å². The molecule has 0 amide bonds. The predicted octanol–water partition coefficient (Wildman–Crippen LogP) is 8.59. The van der Waals surface area contributed by atoms with E-state index in [1.807, 2.05) is 6.92 Å². The van der Waals surface area contributed by atoms with Gasteiger partial charge in [0, 0.05) is 17.0 Å². The standard InChI is InChI=1S/C29H30F4O/c1-3-5-20-12-14-23(27(31)26(20)30)18-7-9-19(10-8-18)24-15-16-25(29(33)28(24)32)21-11-13-22(6-4-2)34-17-21/h7-10,12,14-16,21-22H,3-6,11,13,17H2,1-2H3. The van der Waals surface area contributed by atoms with E-state index in [9.17, 15) is 13.2 Å². The molecule has 1 heterocycles. The van der Waals surface area contributed by atoms with Gasteiger partial charge in [0.15, 0.2) is 23.3 Å². The second-order valence-corrected chi connectivity index (χ2v) is 9.08. The van der Waals surface area contributed by atoms with Crippen molar-refractivity contribution in [2.45, 2.75) is 64.4 Å². The van der Waals surface area contributed by atoms with Crippen LogP contribution in [0.15, 0.2) is 48.5 Å². The van der Waals surface area contributed by atoms with Gasteiger partial charge in [-0.15, -0.1) is 0 Å². The number of rotatable bonds is 7. The molecule has 1 nitrogen and oxygen atoms in total. The summed E-state index contributed by atoms with van der Waals surface area (Å²) in [6, 6.07) is 12.8. The molecular weight excluding hydrogens is 440 g/mol. The highest BCUT2D eigenvalue weighted by molar-refractivity contribution is 5.71. The summed E-state index contributed by atoms with van der Waals surface area (Å²) < 4.78 is 64.8. The number of ether oxygens (including phenoxy) is 1. The number of halogens is 4. The third-order valence-electron chi connectivity index (χ3n) is 6.72. The molecule has 2 unspecified atom stereocenters. The van der Waals surface area contributed by atoms with E-state index in [2.05, 4.69) is 6.92 Å². The van der Waals surface area contributed by atoms with Gasteiger partial charge in [0.2, 0.25) is 0 Å². The predicted molar refractivity (Wildman–Crippen MR) is 128 cm³/mol. The first-order valence-electron chi connectivity index (χ1n) is 12.1. The van der Waals surface area contributed by atoms with Gasteiger partial charge in [-0.2, -0.15) is 0 Å². The fraction of sp³-hybridized carbons (Fsp3) is 0.379. The summed E-state index contributed by atoms with van der Waals surface area (Å²) in [5.74, 6) is -3.63. The molecule has 0 N–H and O–H groups in total. The molecule has 180 valence electrons. The van der Waals surface area contributed by atoms with Gasteiger partial charge in [-0.25, -0.2) is 17.6 Å². The van der Waals surface area contributed by atoms with Crippen LogP contribution in [0.1, 0.15) is 63.0 Å². The Kier molecular flexibility index (Phi) is 7.72. The van der Waals surface area contributed by atoms with Crippen LogP contribution in [0.2, 0.25) is 0 Å². The Hall–Kier alpha value is -2.66. The molecule has 1 fully saturated rings. The summed E-state index contributed by atoms with van der Waals surface area (Å²) in [5.41, 5.74) is 1.92. The largest absolute Gasteiger partial charge is 0.378 e. The summed E-state index contributed by atoms with van der Waals surface area (Å²) >= 11 is 0. The normalized spacial score (nSPS) is 18.3. The molecule has 2 atom stereocenters. The lowest BCUT2D eigenvalue weighted by Crippen LogP contribution is -2.25. The van der Waals surface area contributed by atoms with Crippen molar-refractivity contribution in [3.05, 3.63) is 82.9 Å². The van der Waals surface area contributed by atoms with Crippen LogP contribution >= 0.6 is 0 Å². The zero-order valence-corrected chi connectivity index (χ0v) is 19.6. The van der Waals surface area contributed by atoms with Gasteiger partial charge in [0.05, 0.1) is 12.7 Å². The highest BCUT2D eigenvalue weighted by Gasteiger charge is 2.27. The molecule has 3 aromatic carbocycles. The smallest absolute Gasteiger partial charge is 0.166 e. The molecule has 34 heavy (non-hydrogen) atoms. The van der Waals surface area contributed by atoms with Crippen molar-refractivity contribution in [2.75, 3.05) is 6.61 Å². The fourth-order valence-corrected chi connectivity index (χ4v) is 4.81. The van der Waals surface area contributed by atoms with Crippen molar-refractivity contribution in [3.8, 4) is 22.3 Å². The molecule has 0 bridgehead atoms. The second kappa shape index (κ2) is 10.7.